The maximum atomic E-state index is 6.25. The topological polar surface area (TPSA) is 54.7 Å². The van der Waals surface area contributed by atoms with Crippen LogP contribution in [0.25, 0.3) is 22.3 Å². The zero-order chi connectivity index (χ0) is 13.2. The standard InChI is InChI=1S/C15H14ClN3.ClH/c16-12-5-3-4-10-11(7-8-17)15(19-14(10)12)13-6-1-2-9-18-13;/h1-6,9,19H,7-8,17H2;1H. The number of hydrogen-bond donors (Lipinski definition) is 2. The molecule has 5 heteroatoms. The fourth-order valence-corrected chi connectivity index (χ4v) is 2.59. The molecule has 0 unspecified atom stereocenters. The minimum absolute atomic E-state index is 0. The van der Waals surface area contributed by atoms with Gasteiger partial charge in [-0.05, 0) is 36.7 Å². The number of nitrogens with zero attached hydrogens (tertiary/aromatic N) is 1. The van der Waals surface area contributed by atoms with Crippen molar-refractivity contribution in [2.24, 2.45) is 5.73 Å². The summed E-state index contributed by atoms with van der Waals surface area (Å²) in [5.41, 5.74) is 9.78. The number of aromatic amines is 1. The summed E-state index contributed by atoms with van der Waals surface area (Å²) in [7, 11) is 0. The van der Waals surface area contributed by atoms with E-state index in [4.69, 9.17) is 17.3 Å². The lowest BCUT2D eigenvalue weighted by molar-refractivity contribution is 0.976. The fourth-order valence-electron chi connectivity index (χ4n) is 2.37. The highest BCUT2D eigenvalue weighted by Crippen LogP contribution is 2.32. The van der Waals surface area contributed by atoms with E-state index >= 15 is 0 Å². The predicted octanol–water partition coefficient (Wildman–Crippen LogP) is 3.81. The molecular formula is C15H15Cl2N3. The maximum Gasteiger partial charge on any atom is 0.0867 e. The number of aromatic nitrogens is 2. The molecule has 104 valence electrons. The van der Waals surface area contributed by atoms with Crippen molar-refractivity contribution in [3.8, 4) is 11.4 Å². The van der Waals surface area contributed by atoms with Crippen LogP contribution in [0.3, 0.4) is 0 Å². The highest BCUT2D eigenvalue weighted by Gasteiger charge is 2.14. The molecule has 3 N–H and O–H groups in total. The second-order valence-electron chi connectivity index (χ2n) is 4.39. The van der Waals surface area contributed by atoms with Gasteiger partial charge < -0.3 is 10.7 Å². The number of halogens is 2. The first-order valence-electron chi connectivity index (χ1n) is 6.22. The highest BCUT2D eigenvalue weighted by molar-refractivity contribution is 6.35. The van der Waals surface area contributed by atoms with Gasteiger partial charge in [0, 0.05) is 11.6 Å². The first-order valence-corrected chi connectivity index (χ1v) is 6.59. The molecule has 20 heavy (non-hydrogen) atoms. The van der Waals surface area contributed by atoms with E-state index in [1.165, 1.54) is 5.56 Å². The summed E-state index contributed by atoms with van der Waals surface area (Å²) in [4.78, 5) is 7.79. The Morgan fingerprint density at radius 2 is 2.00 bits per heavy atom. The van der Waals surface area contributed by atoms with Gasteiger partial charge in [0.1, 0.15) is 0 Å². The summed E-state index contributed by atoms with van der Waals surface area (Å²) in [6, 6.07) is 11.8. The average molecular weight is 308 g/mol. The van der Waals surface area contributed by atoms with Crippen molar-refractivity contribution >= 4 is 34.9 Å². The van der Waals surface area contributed by atoms with E-state index in [1.807, 2.05) is 30.3 Å². The lowest BCUT2D eigenvalue weighted by atomic mass is 10.1. The Hall–Kier alpha value is -1.55. The van der Waals surface area contributed by atoms with Crippen LogP contribution in [0.15, 0.2) is 42.6 Å². The maximum absolute atomic E-state index is 6.25. The first-order chi connectivity index (χ1) is 9.31. The molecule has 0 atom stereocenters. The Balaban J connectivity index is 0.00000147. The third-order valence-electron chi connectivity index (χ3n) is 3.21. The number of pyridine rings is 1. The molecule has 0 spiro atoms. The molecule has 0 aliphatic rings. The number of H-pyrrole nitrogens is 1. The van der Waals surface area contributed by atoms with Crippen LogP contribution in [0.2, 0.25) is 5.02 Å². The fraction of sp³-hybridized carbons (Fsp3) is 0.133. The minimum Gasteiger partial charge on any atom is -0.352 e. The lowest BCUT2D eigenvalue weighted by Crippen LogP contribution is -2.03. The molecule has 0 bridgehead atoms. The molecule has 2 aromatic heterocycles. The van der Waals surface area contributed by atoms with Crippen LogP contribution in [0.1, 0.15) is 5.56 Å². The molecular weight excluding hydrogens is 293 g/mol. The van der Waals surface area contributed by atoms with Crippen molar-refractivity contribution in [2.45, 2.75) is 6.42 Å². The number of nitrogens with one attached hydrogen (secondary N) is 1. The zero-order valence-corrected chi connectivity index (χ0v) is 12.3. The quantitative estimate of drug-likeness (QED) is 0.773. The van der Waals surface area contributed by atoms with Gasteiger partial charge in [0.05, 0.1) is 21.9 Å². The third kappa shape index (κ3) is 2.52. The average Bonchev–Trinajstić information content (AvgIpc) is 2.81. The van der Waals surface area contributed by atoms with E-state index in [1.54, 1.807) is 6.20 Å². The van der Waals surface area contributed by atoms with Crippen LogP contribution in [0, 0.1) is 0 Å². The van der Waals surface area contributed by atoms with Crippen LogP contribution in [0.4, 0.5) is 0 Å². The van der Waals surface area contributed by atoms with Crippen LogP contribution in [-0.2, 0) is 6.42 Å². The SMILES string of the molecule is Cl.NCCc1c(-c2ccccn2)[nH]c2c(Cl)cccc12. The molecule has 0 radical (unpaired) electrons. The largest absolute Gasteiger partial charge is 0.352 e. The van der Waals surface area contributed by atoms with E-state index < -0.39 is 0 Å². The van der Waals surface area contributed by atoms with Crippen molar-refractivity contribution in [3.63, 3.8) is 0 Å². The van der Waals surface area contributed by atoms with Crippen LogP contribution >= 0.6 is 24.0 Å². The molecule has 3 rings (SSSR count). The second-order valence-corrected chi connectivity index (χ2v) is 4.80. The van der Waals surface area contributed by atoms with Gasteiger partial charge in [-0.25, -0.2) is 0 Å². The summed E-state index contributed by atoms with van der Waals surface area (Å²) in [6.07, 6.45) is 2.58. The van der Waals surface area contributed by atoms with Crippen LogP contribution in [0.5, 0.6) is 0 Å². The molecule has 2 heterocycles. The molecule has 0 aliphatic heterocycles. The van der Waals surface area contributed by atoms with E-state index in [0.717, 1.165) is 33.7 Å². The van der Waals surface area contributed by atoms with Gasteiger partial charge in [-0.2, -0.15) is 0 Å². The summed E-state index contributed by atoms with van der Waals surface area (Å²) >= 11 is 6.25. The molecule has 1 aromatic carbocycles. The van der Waals surface area contributed by atoms with Gasteiger partial charge in [-0.1, -0.05) is 29.8 Å². The molecule has 0 saturated carbocycles. The van der Waals surface area contributed by atoms with Gasteiger partial charge >= 0.3 is 0 Å². The molecule has 3 aromatic rings. The number of rotatable bonds is 3. The van der Waals surface area contributed by atoms with Crippen molar-refractivity contribution in [1.82, 2.24) is 9.97 Å². The smallest absolute Gasteiger partial charge is 0.0867 e. The van der Waals surface area contributed by atoms with Crippen molar-refractivity contribution in [1.29, 1.82) is 0 Å². The van der Waals surface area contributed by atoms with Crippen molar-refractivity contribution in [2.75, 3.05) is 6.54 Å². The van der Waals surface area contributed by atoms with Crippen molar-refractivity contribution in [3.05, 3.63) is 53.2 Å². The van der Waals surface area contributed by atoms with E-state index in [2.05, 4.69) is 16.0 Å². The number of hydrogen-bond acceptors (Lipinski definition) is 2. The Morgan fingerprint density at radius 3 is 2.70 bits per heavy atom. The Bertz CT molecular complexity index is 708. The molecule has 0 saturated heterocycles. The van der Waals surface area contributed by atoms with E-state index in [0.29, 0.717) is 6.54 Å². The first kappa shape index (κ1) is 14.9. The number of benzene rings is 1. The monoisotopic (exact) mass is 307 g/mol. The summed E-state index contributed by atoms with van der Waals surface area (Å²) in [5.74, 6) is 0. The van der Waals surface area contributed by atoms with Gasteiger partial charge in [0.25, 0.3) is 0 Å². The normalized spacial score (nSPS) is 10.5. The number of para-hydroxylation sites is 1. The van der Waals surface area contributed by atoms with Gasteiger partial charge in [0.15, 0.2) is 0 Å². The Kier molecular flexibility index (Phi) is 4.65. The van der Waals surface area contributed by atoms with Crippen molar-refractivity contribution < 1.29 is 0 Å². The molecule has 0 aliphatic carbocycles. The summed E-state index contributed by atoms with van der Waals surface area (Å²) in [5, 5.41) is 1.84. The third-order valence-corrected chi connectivity index (χ3v) is 3.52. The van der Waals surface area contributed by atoms with Gasteiger partial charge in [-0.15, -0.1) is 12.4 Å². The van der Waals surface area contributed by atoms with E-state index in [-0.39, 0.29) is 12.4 Å². The second kappa shape index (κ2) is 6.27. The lowest BCUT2D eigenvalue weighted by Gasteiger charge is -2.02. The molecule has 0 fully saturated rings. The Labute approximate surface area is 128 Å². The predicted molar refractivity (Wildman–Crippen MR) is 86.5 cm³/mol. The van der Waals surface area contributed by atoms with Gasteiger partial charge in [-0.3, -0.25) is 4.98 Å². The highest BCUT2D eigenvalue weighted by atomic mass is 35.5. The molecule has 3 nitrogen and oxygen atoms in total. The Morgan fingerprint density at radius 1 is 1.15 bits per heavy atom. The zero-order valence-electron chi connectivity index (χ0n) is 10.8. The minimum atomic E-state index is 0. The van der Waals surface area contributed by atoms with Crippen LogP contribution in [-0.4, -0.2) is 16.5 Å². The number of nitrogens with two attached hydrogens (primary N) is 1. The van der Waals surface area contributed by atoms with E-state index in [9.17, 15) is 0 Å². The van der Waals surface area contributed by atoms with Gasteiger partial charge in [0.2, 0.25) is 0 Å². The molecule has 0 amide bonds. The van der Waals surface area contributed by atoms with Crippen LogP contribution < -0.4 is 5.73 Å². The summed E-state index contributed by atoms with van der Waals surface area (Å²) < 4.78 is 0. The summed E-state index contributed by atoms with van der Waals surface area (Å²) in [6.45, 7) is 0.597. The number of fused-ring (bicyclic) bond motifs is 1.